The molecule has 0 amide bonds. The third kappa shape index (κ3) is 3.27. The molecular weight excluding hydrogens is 392 g/mol. The SMILES string of the molecule is Cc1cc(Br)c(O)c(Sc2cc(C)cc(Br)c2O)c1. The van der Waals surface area contributed by atoms with Crippen LogP contribution in [0.5, 0.6) is 11.5 Å². The van der Waals surface area contributed by atoms with Crippen molar-refractivity contribution in [2.75, 3.05) is 0 Å². The van der Waals surface area contributed by atoms with E-state index >= 15 is 0 Å². The van der Waals surface area contributed by atoms with E-state index in [2.05, 4.69) is 31.9 Å². The second-order valence-corrected chi connectivity index (χ2v) is 7.08. The zero-order valence-electron chi connectivity index (χ0n) is 10.4. The lowest BCUT2D eigenvalue weighted by Crippen LogP contribution is -1.83. The van der Waals surface area contributed by atoms with Crippen LogP contribution in [-0.2, 0) is 0 Å². The van der Waals surface area contributed by atoms with Crippen LogP contribution in [0.15, 0.2) is 43.0 Å². The first-order valence-electron chi connectivity index (χ1n) is 5.54. The predicted molar refractivity (Wildman–Crippen MR) is 85.2 cm³/mol. The molecule has 0 spiro atoms. The predicted octanol–water partition coefficient (Wildman–Crippen LogP) is 5.39. The highest BCUT2D eigenvalue weighted by Crippen LogP contribution is 2.44. The lowest BCUT2D eigenvalue weighted by molar-refractivity contribution is 0.456. The summed E-state index contributed by atoms with van der Waals surface area (Å²) in [6.07, 6.45) is 0. The van der Waals surface area contributed by atoms with Gasteiger partial charge in [0.15, 0.2) is 0 Å². The third-order valence-electron chi connectivity index (χ3n) is 2.57. The van der Waals surface area contributed by atoms with Gasteiger partial charge in [0, 0.05) is 0 Å². The number of rotatable bonds is 2. The molecule has 2 N–H and O–H groups in total. The van der Waals surface area contributed by atoms with E-state index in [1.54, 1.807) is 0 Å². The van der Waals surface area contributed by atoms with E-state index < -0.39 is 0 Å². The molecule has 2 nitrogen and oxygen atoms in total. The lowest BCUT2D eigenvalue weighted by atomic mass is 10.2. The van der Waals surface area contributed by atoms with E-state index in [0.29, 0.717) is 18.7 Å². The summed E-state index contributed by atoms with van der Waals surface area (Å²) in [6.45, 7) is 3.92. The van der Waals surface area contributed by atoms with Gasteiger partial charge in [0.1, 0.15) is 11.5 Å². The Kier molecular flexibility index (Phi) is 4.48. The first-order valence-corrected chi connectivity index (χ1v) is 7.95. The van der Waals surface area contributed by atoms with Crippen LogP contribution in [0.4, 0.5) is 0 Å². The second kappa shape index (κ2) is 5.77. The van der Waals surface area contributed by atoms with E-state index in [9.17, 15) is 10.2 Å². The van der Waals surface area contributed by atoms with Crippen LogP contribution >= 0.6 is 43.6 Å². The van der Waals surface area contributed by atoms with Crippen molar-refractivity contribution in [3.8, 4) is 11.5 Å². The number of phenols is 2. The standard InChI is InChI=1S/C14H12Br2O2S/c1-7-3-9(15)13(17)11(5-7)19-12-6-8(2)4-10(16)14(12)18/h3-6,17-18H,1-2H3. The molecule has 0 fully saturated rings. The smallest absolute Gasteiger partial charge is 0.143 e. The number of aryl methyl sites for hydroxylation is 2. The molecule has 0 aliphatic carbocycles. The Morgan fingerprint density at radius 3 is 1.53 bits per heavy atom. The highest BCUT2D eigenvalue weighted by atomic mass is 79.9. The summed E-state index contributed by atoms with van der Waals surface area (Å²) in [4.78, 5) is 1.42. The van der Waals surface area contributed by atoms with Crippen molar-refractivity contribution in [2.24, 2.45) is 0 Å². The molecule has 19 heavy (non-hydrogen) atoms. The summed E-state index contributed by atoms with van der Waals surface area (Å²) in [6, 6.07) is 7.48. The van der Waals surface area contributed by atoms with E-state index in [1.807, 2.05) is 38.1 Å². The molecule has 0 atom stereocenters. The summed E-state index contributed by atoms with van der Waals surface area (Å²) in [5, 5.41) is 20.1. The molecule has 0 aromatic heterocycles. The maximum atomic E-state index is 10.1. The Hall–Kier alpha value is -0.650. The van der Waals surface area contributed by atoms with Crippen LogP contribution in [0.25, 0.3) is 0 Å². The molecule has 0 saturated carbocycles. The molecule has 100 valence electrons. The fraction of sp³-hybridized carbons (Fsp3) is 0.143. The molecule has 0 aliphatic rings. The fourth-order valence-electron chi connectivity index (χ4n) is 1.68. The maximum Gasteiger partial charge on any atom is 0.143 e. The molecule has 0 bridgehead atoms. The minimum atomic E-state index is 0.188. The topological polar surface area (TPSA) is 40.5 Å². The van der Waals surface area contributed by atoms with Crippen LogP contribution < -0.4 is 0 Å². The van der Waals surface area contributed by atoms with E-state index in [4.69, 9.17) is 0 Å². The van der Waals surface area contributed by atoms with Crippen molar-refractivity contribution < 1.29 is 10.2 Å². The summed E-state index contributed by atoms with van der Waals surface area (Å²) >= 11 is 7.98. The quantitative estimate of drug-likeness (QED) is 0.705. The first-order chi connectivity index (χ1) is 8.88. The van der Waals surface area contributed by atoms with E-state index in [1.165, 1.54) is 11.8 Å². The summed E-state index contributed by atoms with van der Waals surface area (Å²) in [5.41, 5.74) is 2.08. The van der Waals surface area contributed by atoms with Gasteiger partial charge in [-0.1, -0.05) is 11.8 Å². The normalized spacial score (nSPS) is 10.7. The van der Waals surface area contributed by atoms with E-state index in [0.717, 1.165) is 11.1 Å². The van der Waals surface area contributed by atoms with Gasteiger partial charge in [-0.25, -0.2) is 0 Å². The van der Waals surface area contributed by atoms with Crippen molar-refractivity contribution >= 4 is 43.6 Å². The van der Waals surface area contributed by atoms with Gasteiger partial charge in [-0.3, -0.25) is 0 Å². The van der Waals surface area contributed by atoms with Crippen LogP contribution in [0, 0.1) is 13.8 Å². The van der Waals surface area contributed by atoms with Gasteiger partial charge < -0.3 is 10.2 Å². The van der Waals surface area contributed by atoms with Crippen molar-refractivity contribution in [3.63, 3.8) is 0 Å². The van der Waals surface area contributed by atoms with E-state index in [-0.39, 0.29) is 11.5 Å². The van der Waals surface area contributed by atoms with Crippen molar-refractivity contribution in [2.45, 2.75) is 23.6 Å². The Labute approximate surface area is 133 Å². The largest absolute Gasteiger partial charge is 0.506 e. The second-order valence-electron chi connectivity index (χ2n) is 4.29. The number of phenolic OH excluding ortho intramolecular Hbond substituents is 2. The number of hydrogen-bond donors (Lipinski definition) is 2. The number of hydrogen-bond acceptors (Lipinski definition) is 3. The van der Waals surface area contributed by atoms with Gasteiger partial charge in [-0.2, -0.15) is 0 Å². The van der Waals surface area contributed by atoms with Gasteiger partial charge in [-0.15, -0.1) is 0 Å². The molecule has 2 aromatic rings. The van der Waals surface area contributed by atoms with Crippen LogP contribution in [0.2, 0.25) is 0 Å². The van der Waals surface area contributed by atoms with Gasteiger partial charge in [-0.05, 0) is 81.1 Å². The average molecular weight is 404 g/mol. The fourth-order valence-corrected chi connectivity index (χ4v) is 4.23. The minimum Gasteiger partial charge on any atom is -0.506 e. The minimum absolute atomic E-state index is 0.188. The van der Waals surface area contributed by atoms with Crippen molar-refractivity contribution in [1.82, 2.24) is 0 Å². The molecular formula is C14H12Br2O2S. The zero-order valence-corrected chi connectivity index (χ0v) is 14.4. The molecule has 0 saturated heterocycles. The third-order valence-corrected chi connectivity index (χ3v) is 4.84. The van der Waals surface area contributed by atoms with Crippen molar-refractivity contribution in [1.29, 1.82) is 0 Å². The maximum absolute atomic E-state index is 10.1. The van der Waals surface area contributed by atoms with Gasteiger partial charge >= 0.3 is 0 Å². The number of benzene rings is 2. The summed E-state index contributed by atoms with van der Waals surface area (Å²) in [7, 11) is 0. The molecule has 2 aromatic carbocycles. The molecule has 0 radical (unpaired) electrons. The van der Waals surface area contributed by atoms with Gasteiger partial charge in [0.05, 0.1) is 18.7 Å². The van der Waals surface area contributed by atoms with Crippen LogP contribution in [0.3, 0.4) is 0 Å². The molecule has 2 rings (SSSR count). The molecule has 0 aliphatic heterocycles. The molecule has 0 unspecified atom stereocenters. The highest BCUT2D eigenvalue weighted by Gasteiger charge is 2.13. The number of aromatic hydroxyl groups is 2. The number of halogens is 2. The van der Waals surface area contributed by atoms with Crippen molar-refractivity contribution in [3.05, 3.63) is 44.3 Å². The van der Waals surface area contributed by atoms with Crippen LogP contribution in [-0.4, -0.2) is 10.2 Å². The Bertz CT molecular complexity index is 586. The lowest BCUT2D eigenvalue weighted by Gasteiger charge is -2.10. The zero-order chi connectivity index (χ0) is 14.2. The Morgan fingerprint density at radius 2 is 1.16 bits per heavy atom. The van der Waals surface area contributed by atoms with Gasteiger partial charge in [0.2, 0.25) is 0 Å². The summed E-state index contributed by atoms with van der Waals surface area (Å²) < 4.78 is 1.31. The molecule has 0 heterocycles. The van der Waals surface area contributed by atoms with Crippen LogP contribution in [0.1, 0.15) is 11.1 Å². The Balaban J connectivity index is 2.47. The molecule has 5 heteroatoms. The average Bonchev–Trinajstić information content (AvgIpc) is 2.31. The monoisotopic (exact) mass is 402 g/mol. The summed E-state index contributed by atoms with van der Waals surface area (Å²) in [5.74, 6) is 0.375. The Morgan fingerprint density at radius 1 is 0.789 bits per heavy atom. The van der Waals surface area contributed by atoms with Gasteiger partial charge in [0.25, 0.3) is 0 Å². The highest BCUT2D eigenvalue weighted by molar-refractivity contribution is 9.10. The first kappa shape index (κ1) is 14.8.